The van der Waals surface area contributed by atoms with Crippen molar-refractivity contribution in [1.29, 1.82) is 0 Å². The van der Waals surface area contributed by atoms with E-state index in [1.54, 1.807) is 0 Å². The summed E-state index contributed by atoms with van der Waals surface area (Å²) in [5.74, 6) is -1.11. The van der Waals surface area contributed by atoms with Crippen LogP contribution in [0.25, 0.3) is 0 Å². The maximum Gasteiger partial charge on any atom is 0.416 e. The van der Waals surface area contributed by atoms with E-state index in [0.717, 1.165) is 0 Å². The summed E-state index contributed by atoms with van der Waals surface area (Å²) in [6.45, 7) is 2.04. The molecule has 1 aromatic carbocycles. The Labute approximate surface area is 119 Å². The van der Waals surface area contributed by atoms with Gasteiger partial charge < -0.3 is 11.1 Å². The van der Waals surface area contributed by atoms with Crippen LogP contribution in [0.15, 0.2) is 18.2 Å². The van der Waals surface area contributed by atoms with Crippen molar-refractivity contribution in [3.63, 3.8) is 0 Å². The van der Waals surface area contributed by atoms with E-state index in [2.05, 4.69) is 5.32 Å². The first-order chi connectivity index (χ1) is 9.68. The van der Waals surface area contributed by atoms with Gasteiger partial charge in [-0.3, -0.25) is 4.79 Å². The summed E-state index contributed by atoms with van der Waals surface area (Å²) in [5.41, 5.74) is 3.30. The highest BCUT2D eigenvalue weighted by atomic mass is 19.4. The summed E-state index contributed by atoms with van der Waals surface area (Å²) in [6.07, 6.45) is -3.49. The molecule has 0 radical (unpaired) electrons. The molecule has 1 amide bonds. The number of nitrogens with two attached hydrogens (primary N) is 1. The van der Waals surface area contributed by atoms with Crippen molar-refractivity contribution >= 4 is 11.6 Å². The molecule has 0 atom stereocenters. The summed E-state index contributed by atoms with van der Waals surface area (Å²) in [7, 11) is 0. The Hall–Kier alpha value is -1.63. The molecule has 116 valence electrons. The number of nitrogens with one attached hydrogen (secondary N) is 1. The third-order valence-corrected chi connectivity index (χ3v) is 3.89. The maximum atomic E-state index is 13.6. The van der Waals surface area contributed by atoms with Gasteiger partial charge in [-0.1, -0.05) is 6.92 Å². The molecule has 3 nitrogen and oxygen atoms in total. The highest BCUT2D eigenvalue weighted by molar-refractivity contribution is 5.96. The maximum absolute atomic E-state index is 13.6. The Morgan fingerprint density at radius 3 is 2.52 bits per heavy atom. The molecule has 1 aliphatic rings. The van der Waals surface area contributed by atoms with E-state index in [1.165, 1.54) is 0 Å². The molecule has 0 unspecified atom stereocenters. The number of carbonyl (C=O) groups excluding carboxylic acids is 1. The summed E-state index contributed by atoms with van der Waals surface area (Å²) in [5, 5.41) is 2.24. The van der Waals surface area contributed by atoms with Crippen LogP contribution in [-0.2, 0) is 11.0 Å². The first-order valence-corrected chi connectivity index (χ1v) is 6.56. The van der Waals surface area contributed by atoms with Gasteiger partial charge >= 0.3 is 6.18 Å². The van der Waals surface area contributed by atoms with Crippen LogP contribution < -0.4 is 11.1 Å². The smallest absolute Gasteiger partial charge is 0.329 e. The highest BCUT2D eigenvalue weighted by Crippen LogP contribution is 2.45. The largest absolute Gasteiger partial charge is 0.416 e. The van der Waals surface area contributed by atoms with E-state index in [9.17, 15) is 22.4 Å². The number of rotatable bonds is 3. The van der Waals surface area contributed by atoms with Gasteiger partial charge in [-0.25, -0.2) is 4.39 Å². The van der Waals surface area contributed by atoms with E-state index in [-0.39, 0.29) is 6.54 Å². The molecule has 0 spiro atoms. The predicted molar refractivity (Wildman–Crippen MR) is 69.9 cm³/mol. The number of hydrogen-bond donors (Lipinski definition) is 2. The van der Waals surface area contributed by atoms with Gasteiger partial charge in [0.15, 0.2) is 0 Å². The van der Waals surface area contributed by atoms with Gasteiger partial charge in [0.1, 0.15) is 5.82 Å². The molecule has 1 fully saturated rings. The fourth-order valence-corrected chi connectivity index (χ4v) is 2.77. The second-order valence-corrected chi connectivity index (χ2v) is 5.64. The fraction of sp³-hybridized carbons (Fsp3) is 0.500. The van der Waals surface area contributed by atoms with Crippen molar-refractivity contribution in [2.45, 2.75) is 25.9 Å². The Morgan fingerprint density at radius 1 is 1.43 bits per heavy atom. The van der Waals surface area contributed by atoms with Crippen LogP contribution in [0.4, 0.5) is 23.2 Å². The van der Waals surface area contributed by atoms with Gasteiger partial charge in [0.05, 0.1) is 16.7 Å². The lowest BCUT2D eigenvalue weighted by Crippen LogP contribution is -2.51. The van der Waals surface area contributed by atoms with Crippen LogP contribution in [0.5, 0.6) is 0 Å². The van der Waals surface area contributed by atoms with Gasteiger partial charge in [-0.15, -0.1) is 0 Å². The molecular formula is C14H16F4N2O. The molecule has 0 saturated heterocycles. The SMILES string of the molecule is CC1CC(CN)(C(=O)Nc2cc(C(F)(F)F)ccc2F)C1. The molecule has 0 heterocycles. The zero-order valence-electron chi connectivity index (χ0n) is 11.4. The Bertz CT molecular complexity index is 550. The first-order valence-electron chi connectivity index (χ1n) is 6.56. The Balaban J connectivity index is 2.21. The van der Waals surface area contributed by atoms with E-state index >= 15 is 0 Å². The van der Waals surface area contributed by atoms with Crippen LogP contribution in [0, 0.1) is 17.2 Å². The molecular weight excluding hydrogens is 288 g/mol. The minimum absolute atomic E-state index is 0.0871. The lowest BCUT2D eigenvalue weighted by molar-refractivity contribution is -0.137. The van der Waals surface area contributed by atoms with Crippen LogP contribution >= 0.6 is 0 Å². The van der Waals surface area contributed by atoms with Gasteiger partial charge in [-0.05, 0) is 37.0 Å². The number of halogens is 4. The highest BCUT2D eigenvalue weighted by Gasteiger charge is 2.47. The minimum atomic E-state index is -4.59. The number of anilines is 1. The van der Waals surface area contributed by atoms with E-state index in [1.807, 2.05) is 6.92 Å². The molecule has 7 heteroatoms. The van der Waals surface area contributed by atoms with Crippen molar-refractivity contribution in [2.75, 3.05) is 11.9 Å². The summed E-state index contributed by atoms with van der Waals surface area (Å²) >= 11 is 0. The lowest BCUT2D eigenvalue weighted by atomic mass is 9.62. The topological polar surface area (TPSA) is 55.1 Å². The summed E-state index contributed by atoms with van der Waals surface area (Å²) < 4.78 is 51.4. The van der Waals surface area contributed by atoms with Gasteiger partial charge in [-0.2, -0.15) is 13.2 Å². The Morgan fingerprint density at radius 2 is 2.05 bits per heavy atom. The number of alkyl halides is 3. The molecule has 2 rings (SSSR count). The van der Waals surface area contributed by atoms with Gasteiger partial charge in [0.2, 0.25) is 5.91 Å². The molecule has 3 N–H and O–H groups in total. The number of amides is 1. The monoisotopic (exact) mass is 304 g/mol. The van der Waals surface area contributed by atoms with Crippen molar-refractivity contribution < 1.29 is 22.4 Å². The van der Waals surface area contributed by atoms with Crippen molar-refractivity contribution in [1.82, 2.24) is 0 Å². The van der Waals surface area contributed by atoms with Crippen LogP contribution in [0.3, 0.4) is 0 Å². The van der Waals surface area contributed by atoms with E-state index in [0.29, 0.717) is 37.0 Å². The fourth-order valence-electron chi connectivity index (χ4n) is 2.77. The molecule has 1 saturated carbocycles. The molecule has 0 bridgehead atoms. The average Bonchev–Trinajstić information content (AvgIpc) is 2.35. The zero-order valence-corrected chi connectivity index (χ0v) is 11.4. The van der Waals surface area contributed by atoms with Crippen molar-refractivity contribution in [3.8, 4) is 0 Å². The molecule has 1 aromatic rings. The van der Waals surface area contributed by atoms with Crippen LogP contribution in [0.2, 0.25) is 0 Å². The lowest BCUT2D eigenvalue weighted by Gasteiger charge is -2.44. The molecule has 21 heavy (non-hydrogen) atoms. The van der Waals surface area contributed by atoms with Crippen LogP contribution in [0.1, 0.15) is 25.3 Å². The first kappa shape index (κ1) is 15.8. The van der Waals surface area contributed by atoms with Crippen LogP contribution in [-0.4, -0.2) is 12.5 Å². The van der Waals surface area contributed by atoms with Crippen molar-refractivity contribution in [2.24, 2.45) is 17.1 Å². The standard InChI is InChI=1S/C14H16F4N2O/c1-8-5-13(6-8,7-19)12(21)20-11-4-9(14(16,17)18)2-3-10(11)15/h2-4,8H,5-7,19H2,1H3,(H,20,21). The van der Waals surface area contributed by atoms with E-state index < -0.39 is 34.6 Å². The quantitative estimate of drug-likeness (QED) is 0.843. The van der Waals surface area contributed by atoms with Crippen molar-refractivity contribution in [3.05, 3.63) is 29.6 Å². The summed E-state index contributed by atoms with van der Waals surface area (Å²) in [6, 6.07) is 1.92. The summed E-state index contributed by atoms with van der Waals surface area (Å²) in [4.78, 5) is 12.2. The zero-order chi connectivity index (χ0) is 15.8. The third kappa shape index (κ3) is 3.02. The average molecular weight is 304 g/mol. The molecule has 0 aromatic heterocycles. The number of benzene rings is 1. The second kappa shape index (κ2) is 5.29. The minimum Gasteiger partial charge on any atom is -0.329 e. The normalized spacial score (nSPS) is 25.3. The number of carbonyl (C=O) groups is 1. The number of hydrogen-bond acceptors (Lipinski definition) is 2. The van der Waals surface area contributed by atoms with Gasteiger partial charge in [0, 0.05) is 6.54 Å². The predicted octanol–water partition coefficient (Wildman–Crippen LogP) is 3.16. The van der Waals surface area contributed by atoms with Gasteiger partial charge in [0.25, 0.3) is 0 Å². The van der Waals surface area contributed by atoms with E-state index in [4.69, 9.17) is 5.73 Å². The Kier molecular flexibility index (Phi) is 3.97. The third-order valence-electron chi connectivity index (χ3n) is 3.89. The second-order valence-electron chi connectivity index (χ2n) is 5.64. The molecule has 0 aliphatic heterocycles. The molecule has 1 aliphatic carbocycles.